The lowest BCUT2D eigenvalue weighted by molar-refractivity contribution is -0.697. The predicted molar refractivity (Wildman–Crippen MR) is 96.0 cm³/mol. The van der Waals surface area contributed by atoms with Crippen LogP contribution in [0.1, 0.15) is 39.0 Å². The van der Waals surface area contributed by atoms with Crippen molar-refractivity contribution in [2.75, 3.05) is 11.9 Å². The van der Waals surface area contributed by atoms with Crippen LogP contribution in [0.4, 0.5) is 5.69 Å². The first-order valence-electron chi connectivity index (χ1n) is 8.74. The van der Waals surface area contributed by atoms with Crippen molar-refractivity contribution in [3.63, 3.8) is 0 Å². The summed E-state index contributed by atoms with van der Waals surface area (Å²) in [5.41, 5.74) is 0.820. The first-order chi connectivity index (χ1) is 11.8. The number of aryl methyl sites for hydroxylation is 1. The van der Waals surface area contributed by atoms with Crippen LogP contribution in [0, 0.1) is 0 Å². The maximum absolute atomic E-state index is 12.0. The molecule has 1 amide bonds. The van der Waals surface area contributed by atoms with Gasteiger partial charge in [-0.25, -0.2) is 4.57 Å². The average Bonchev–Trinajstić information content (AvgIpc) is 2.61. The third-order valence-corrected chi connectivity index (χ3v) is 3.75. The Morgan fingerprint density at radius 1 is 1.04 bits per heavy atom. The van der Waals surface area contributed by atoms with Crippen LogP contribution >= 0.6 is 0 Å². The summed E-state index contributed by atoms with van der Waals surface area (Å²) in [6.45, 7) is 3.82. The number of carbonyl (C=O) groups excluding carboxylic acids is 1. The molecule has 0 spiro atoms. The zero-order valence-corrected chi connectivity index (χ0v) is 14.4. The van der Waals surface area contributed by atoms with Crippen LogP contribution in [-0.2, 0) is 11.3 Å². The fourth-order valence-electron chi connectivity index (χ4n) is 2.36. The van der Waals surface area contributed by atoms with Gasteiger partial charge in [0.05, 0.1) is 6.61 Å². The highest BCUT2D eigenvalue weighted by Crippen LogP contribution is 2.16. The number of ether oxygens (including phenoxy) is 1. The largest absolute Gasteiger partial charge is 0.494 e. The van der Waals surface area contributed by atoms with Crippen molar-refractivity contribution in [2.45, 2.75) is 45.6 Å². The lowest BCUT2D eigenvalue weighted by Gasteiger charge is -2.08. The van der Waals surface area contributed by atoms with E-state index in [2.05, 4.69) is 16.8 Å². The Kier molecular flexibility index (Phi) is 7.81. The number of pyridine rings is 1. The number of anilines is 1. The van der Waals surface area contributed by atoms with Gasteiger partial charge in [-0.05, 0) is 37.1 Å². The van der Waals surface area contributed by atoms with Gasteiger partial charge < -0.3 is 10.1 Å². The molecule has 0 saturated carbocycles. The summed E-state index contributed by atoms with van der Waals surface area (Å²) in [7, 11) is 0. The molecule has 0 unspecified atom stereocenters. The zero-order chi connectivity index (χ0) is 17.0. The molecular formula is C20H27N2O2+. The summed E-state index contributed by atoms with van der Waals surface area (Å²) in [6.07, 6.45) is 8.69. The summed E-state index contributed by atoms with van der Waals surface area (Å²) in [5.74, 6) is 0.911. The average molecular weight is 327 g/mol. The number of amides is 1. The number of hydrogen-bond donors (Lipinski definition) is 1. The predicted octanol–water partition coefficient (Wildman–Crippen LogP) is 3.96. The minimum Gasteiger partial charge on any atom is -0.494 e. The Bertz CT molecular complexity index is 597. The van der Waals surface area contributed by atoms with Crippen LogP contribution in [0.5, 0.6) is 5.75 Å². The fraction of sp³-hybridized carbons (Fsp3) is 0.400. The Labute approximate surface area is 144 Å². The van der Waals surface area contributed by atoms with Gasteiger partial charge in [0.25, 0.3) is 0 Å². The van der Waals surface area contributed by atoms with Gasteiger partial charge in [0.15, 0.2) is 12.4 Å². The highest BCUT2D eigenvalue weighted by Gasteiger charge is 2.04. The van der Waals surface area contributed by atoms with Crippen LogP contribution in [-0.4, -0.2) is 12.5 Å². The third-order valence-electron chi connectivity index (χ3n) is 3.75. The first kappa shape index (κ1) is 18.0. The van der Waals surface area contributed by atoms with E-state index >= 15 is 0 Å². The SMILES string of the molecule is CCCCOc1ccc(NC(=O)CCCC[n+]2ccccc2)cc1. The van der Waals surface area contributed by atoms with Crippen molar-refractivity contribution in [1.29, 1.82) is 0 Å². The number of unbranched alkanes of at least 4 members (excludes halogenated alkanes) is 2. The maximum Gasteiger partial charge on any atom is 0.224 e. The molecule has 2 rings (SSSR count). The summed E-state index contributed by atoms with van der Waals surface area (Å²) in [5, 5.41) is 2.93. The lowest BCUT2D eigenvalue weighted by Crippen LogP contribution is -2.32. The second-order valence-electron chi connectivity index (χ2n) is 5.84. The molecule has 0 bridgehead atoms. The number of rotatable bonds is 10. The van der Waals surface area contributed by atoms with E-state index < -0.39 is 0 Å². The van der Waals surface area contributed by atoms with E-state index in [1.165, 1.54) is 0 Å². The standard InChI is InChI=1S/C20H26N2O2/c1-2-3-17-24-19-12-10-18(11-13-19)21-20(23)9-5-8-16-22-14-6-4-7-15-22/h4,6-7,10-15H,2-3,5,8-9,16-17H2,1H3/p+1. The van der Waals surface area contributed by atoms with Crippen molar-refractivity contribution in [3.8, 4) is 5.75 Å². The fourth-order valence-corrected chi connectivity index (χ4v) is 2.36. The zero-order valence-electron chi connectivity index (χ0n) is 14.4. The highest BCUT2D eigenvalue weighted by molar-refractivity contribution is 5.90. The maximum atomic E-state index is 12.0. The van der Waals surface area contributed by atoms with Crippen molar-refractivity contribution < 1.29 is 14.1 Å². The summed E-state index contributed by atoms with van der Waals surface area (Å²) in [6, 6.07) is 13.6. The van der Waals surface area contributed by atoms with E-state index in [1.54, 1.807) is 0 Å². The van der Waals surface area contributed by atoms with E-state index in [4.69, 9.17) is 4.74 Å². The van der Waals surface area contributed by atoms with Crippen LogP contribution < -0.4 is 14.6 Å². The van der Waals surface area contributed by atoms with Gasteiger partial charge in [0.1, 0.15) is 12.3 Å². The first-order valence-corrected chi connectivity index (χ1v) is 8.74. The molecule has 128 valence electrons. The smallest absolute Gasteiger partial charge is 0.224 e. The van der Waals surface area contributed by atoms with Crippen LogP contribution in [0.2, 0.25) is 0 Å². The van der Waals surface area contributed by atoms with Crippen molar-refractivity contribution in [1.82, 2.24) is 0 Å². The molecule has 2 aromatic rings. The molecule has 0 radical (unpaired) electrons. The summed E-state index contributed by atoms with van der Waals surface area (Å²) < 4.78 is 7.75. The Morgan fingerprint density at radius 3 is 2.50 bits per heavy atom. The number of nitrogens with zero attached hydrogens (tertiary/aromatic N) is 1. The molecule has 1 N–H and O–H groups in total. The molecule has 0 atom stereocenters. The van der Waals surface area contributed by atoms with Gasteiger partial charge in [0, 0.05) is 30.7 Å². The molecule has 1 aromatic carbocycles. The van der Waals surface area contributed by atoms with Gasteiger partial charge >= 0.3 is 0 Å². The van der Waals surface area contributed by atoms with E-state index in [-0.39, 0.29) is 5.91 Å². The minimum atomic E-state index is 0.0627. The van der Waals surface area contributed by atoms with Crippen molar-refractivity contribution in [2.24, 2.45) is 0 Å². The molecule has 0 aliphatic heterocycles. The van der Waals surface area contributed by atoms with Gasteiger partial charge in [-0.15, -0.1) is 0 Å². The van der Waals surface area contributed by atoms with Crippen LogP contribution in [0.25, 0.3) is 0 Å². The minimum absolute atomic E-state index is 0.0627. The normalized spacial score (nSPS) is 10.4. The lowest BCUT2D eigenvalue weighted by atomic mass is 10.2. The number of carbonyl (C=O) groups is 1. The Hall–Kier alpha value is -2.36. The van der Waals surface area contributed by atoms with Crippen molar-refractivity contribution in [3.05, 3.63) is 54.9 Å². The number of hydrogen-bond acceptors (Lipinski definition) is 2. The molecule has 1 heterocycles. The van der Waals surface area contributed by atoms with Gasteiger partial charge in [0.2, 0.25) is 5.91 Å². The van der Waals surface area contributed by atoms with Gasteiger partial charge in [-0.2, -0.15) is 0 Å². The summed E-state index contributed by atoms with van der Waals surface area (Å²) in [4.78, 5) is 12.0. The molecular weight excluding hydrogens is 300 g/mol. The number of benzene rings is 1. The van der Waals surface area contributed by atoms with E-state index in [1.807, 2.05) is 54.9 Å². The second-order valence-corrected chi connectivity index (χ2v) is 5.84. The van der Waals surface area contributed by atoms with E-state index in [0.717, 1.165) is 50.3 Å². The molecule has 0 saturated heterocycles. The molecule has 0 fully saturated rings. The van der Waals surface area contributed by atoms with Gasteiger partial charge in [-0.1, -0.05) is 19.4 Å². The molecule has 1 aromatic heterocycles. The molecule has 24 heavy (non-hydrogen) atoms. The van der Waals surface area contributed by atoms with Crippen molar-refractivity contribution >= 4 is 11.6 Å². The Balaban J connectivity index is 1.64. The van der Waals surface area contributed by atoms with Crippen LogP contribution in [0.3, 0.4) is 0 Å². The Morgan fingerprint density at radius 2 is 1.79 bits per heavy atom. The second kappa shape index (κ2) is 10.4. The number of aromatic nitrogens is 1. The van der Waals surface area contributed by atoms with E-state index in [9.17, 15) is 4.79 Å². The molecule has 4 heteroatoms. The van der Waals surface area contributed by atoms with E-state index in [0.29, 0.717) is 6.42 Å². The molecule has 0 aliphatic rings. The van der Waals surface area contributed by atoms with Gasteiger partial charge in [-0.3, -0.25) is 4.79 Å². The molecule has 0 aliphatic carbocycles. The highest BCUT2D eigenvalue weighted by atomic mass is 16.5. The monoisotopic (exact) mass is 327 g/mol. The van der Waals surface area contributed by atoms with Crippen LogP contribution in [0.15, 0.2) is 54.9 Å². The summed E-state index contributed by atoms with van der Waals surface area (Å²) >= 11 is 0. The number of nitrogens with one attached hydrogen (secondary N) is 1. The topological polar surface area (TPSA) is 42.2 Å². The molecule has 4 nitrogen and oxygen atoms in total. The third kappa shape index (κ3) is 6.82. The quantitative estimate of drug-likeness (QED) is 0.530.